The van der Waals surface area contributed by atoms with Gasteiger partial charge in [-0.1, -0.05) is 54.1 Å². The van der Waals surface area contributed by atoms with Gasteiger partial charge in [-0.15, -0.1) is 0 Å². The van der Waals surface area contributed by atoms with E-state index >= 15 is 0 Å². The van der Waals surface area contributed by atoms with Crippen LogP contribution in [-0.4, -0.2) is 17.4 Å². The van der Waals surface area contributed by atoms with Crippen LogP contribution in [0.5, 0.6) is 0 Å². The van der Waals surface area contributed by atoms with Gasteiger partial charge in [-0.25, -0.2) is 0 Å². The Morgan fingerprint density at radius 2 is 1.83 bits per heavy atom. The van der Waals surface area contributed by atoms with Crippen molar-refractivity contribution in [2.24, 2.45) is 0 Å². The predicted octanol–water partition coefficient (Wildman–Crippen LogP) is 5.25. The monoisotopic (exact) mass is 399 g/mol. The van der Waals surface area contributed by atoms with Crippen LogP contribution >= 0.6 is 11.6 Å². The molecule has 0 spiro atoms. The lowest BCUT2D eigenvalue weighted by Crippen LogP contribution is -2.29. The van der Waals surface area contributed by atoms with Crippen LogP contribution in [0.1, 0.15) is 33.0 Å². The first-order chi connectivity index (χ1) is 14.2. The third kappa shape index (κ3) is 3.87. The number of nitrogens with one attached hydrogen (secondary N) is 2. The molecule has 0 radical (unpaired) electrons. The van der Waals surface area contributed by atoms with Crippen LogP contribution < -0.4 is 5.32 Å². The Balaban J connectivity index is 1.67. The summed E-state index contributed by atoms with van der Waals surface area (Å²) in [6.45, 7) is 0.376. The molecule has 142 valence electrons. The lowest BCUT2D eigenvalue weighted by atomic mass is 9.90. The first-order valence-electron chi connectivity index (χ1n) is 9.26. The number of nitriles is 1. The molecule has 0 saturated carbocycles. The quantitative estimate of drug-likeness (QED) is 0.481. The number of fused-ring (bicyclic) bond motifs is 1. The molecule has 4 rings (SSSR count). The molecule has 1 amide bonds. The molecule has 2 N–H and O–H groups in total. The normalized spacial score (nSPS) is 11.7. The Labute approximate surface area is 173 Å². The van der Waals surface area contributed by atoms with E-state index < -0.39 is 0 Å². The predicted molar refractivity (Wildman–Crippen MR) is 115 cm³/mol. The van der Waals surface area contributed by atoms with Crippen molar-refractivity contribution in [3.63, 3.8) is 0 Å². The van der Waals surface area contributed by atoms with Crippen molar-refractivity contribution in [3.05, 3.63) is 106 Å². The molecule has 4 aromatic rings. The number of nitrogens with zero attached hydrogens (tertiary/aromatic N) is 1. The summed E-state index contributed by atoms with van der Waals surface area (Å²) < 4.78 is 0. The number of aromatic nitrogens is 1. The van der Waals surface area contributed by atoms with Crippen LogP contribution in [-0.2, 0) is 0 Å². The maximum Gasteiger partial charge on any atom is 0.251 e. The van der Waals surface area contributed by atoms with Gasteiger partial charge in [0.1, 0.15) is 0 Å². The molecule has 29 heavy (non-hydrogen) atoms. The van der Waals surface area contributed by atoms with Crippen molar-refractivity contribution in [3.8, 4) is 6.07 Å². The summed E-state index contributed by atoms with van der Waals surface area (Å²) in [6.07, 6.45) is 1.97. The second-order valence-electron chi connectivity index (χ2n) is 6.77. The van der Waals surface area contributed by atoms with Crippen LogP contribution in [0.3, 0.4) is 0 Å². The van der Waals surface area contributed by atoms with Gasteiger partial charge in [0.25, 0.3) is 5.91 Å². The standard InChI is InChI=1S/C24H18ClN3O/c25-22-10-3-1-8-18(22)20(21-14-27-23-11-4-2-9-19(21)23)15-28-24(29)17-7-5-6-16(12-17)13-26/h1-12,14,20,27H,15H2,(H,28,29). The van der Waals surface area contributed by atoms with E-state index in [0.717, 1.165) is 22.0 Å². The summed E-state index contributed by atoms with van der Waals surface area (Å²) >= 11 is 6.50. The summed E-state index contributed by atoms with van der Waals surface area (Å²) in [5.41, 5.74) is 3.97. The number of hydrogen-bond donors (Lipinski definition) is 2. The zero-order valence-electron chi connectivity index (χ0n) is 15.5. The Morgan fingerprint density at radius 1 is 1.03 bits per heavy atom. The van der Waals surface area contributed by atoms with Crippen molar-refractivity contribution in [2.75, 3.05) is 6.54 Å². The van der Waals surface area contributed by atoms with Gasteiger partial charge in [-0.3, -0.25) is 4.79 Å². The van der Waals surface area contributed by atoms with E-state index in [1.165, 1.54) is 0 Å². The van der Waals surface area contributed by atoms with Crippen LogP contribution in [0.4, 0.5) is 0 Å². The van der Waals surface area contributed by atoms with E-state index in [0.29, 0.717) is 22.7 Å². The van der Waals surface area contributed by atoms with Crippen molar-refractivity contribution in [2.45, 2.75) is 5.92 Å². The van der Waals surface area contributed by atoms with E-state index in [9.17, 15) is 4.79 Å². The van der Waals surface area contributed by atoms with Crippen molar-refractivity contribution in [1.29, 1.82) is 5.26 Å². The molecule has 0 bridgehead atoms. The smallest absolute Gasteiger partial charge is 0.251 e. The third-order valence-electron chi connectivity index (χ3n) is 5.00. The summed E-state index contributed by atoms with van der Waals surface area (Å²) in [5.74, 6) is -0.345. The largest absolute Gasteiger partial charge is 0.361 e. The Kier molecular flexibility index (Phi) is 5.33. The number of hydrogen-bond acceptors (Lipinski definition) is 2. The highest BCUT2D eigenvalue weighted by atomic mass is 35.5. The first-order valence-corrected chi connectivity index (χ1v) is 9.64. The van der Waals surface area contributed by atoms with E-state index in [1.807, 2.05) is 48.7 Å². The first kappa shape index (κ1) is 18.8. The Bertz CT molecular complexity index is 1220. The van der Waals surface area contributed by atoms with E-state index in [1.54, 1.807) is 24.3 Å². The second kappa shape index (κ2) is 8.22. The summed E-state index contributed by atoms with van der Waals surface area (Å²) in [7, 11) is 0. The van der Waals surface area contributed by atoms with Gasteiger partial charge in [0, 0.05) is 40.1 Å². The van der Waals surface area contributed by atoms with Gasteiger partial charge >= 0.3 is 0 Å². The number of rotatable bonds is 5. The van der Waals surface area contributed by atoms with Crippen molar-refractivity contribution < 1.29 is 4.79 Å². The number of carbonyl (C=O) groups excluding carboxylic acids is 1. The van der Waals surface area contributed by atoms with Gasteiger partial charge in [0.15, 0.2) is 0 Å². The molecule has 5 heteroatoms. The molecule has 4 nitrogen and oxygen atoms in total. The molecule has 1 heterocycles. The number of benzene rings is 3. The minimum atomic E-state index is -0.223. The molecule has 0 fully saturated rings. The molecular weight excluding hydrogens is 382 g/mol. The summed E-state index contributed by atoms with van der Waals surface area (Å²) in [4.78, 5) is 16.0. The number of H-pyrrole nitrogens is 1. The molecule has 3 aromatic carbocycles. The number of para-hydroxylation sites is 1. The van der Waals surface area contributed by atoms with Crippen molar-refractivity contribution in [1.82, 2.24) is 10.3 Å². The SMILES string of the molecule is N#Cc1cccc(C(=O)NCC(c2ccccc2Cl)c2c[nH]c3ccccc23)c1. The zero-order chi connectivity index (χ0) is 20.2. The van der Waals surface area contributed by atoms with Gasteiger partial charge in [-0.05, 0) is 41.5 Å². The average Bonchev–Trinajstić information content (AvgIpc) is 3.19. The highest BCUT2D eigenvalue weighted by Crippen LogP contribution is 2.34. The van der Waals surface area contributed by atoms with Gasteiger partial charge in [-0.2, -0.15) is 5.26 Å². The fourth-order valence-corrected chi connectivity index (χ4v) is 3.82. The van der Waals surface area contributed by atoms with Crippen LogP contribution in [0.2, 0.25) is 5.02 Å². The number of carbonyl (C=O) groups is 1. The molecule has 0 aliphatic heterocycles. The summed E-state index contributed by atoms with van der Waals surface area (Å²) in [5, 5.41) is 13.8. The molecular formula is C24H18ClN3O. The Morgan fingerprint density at radius 3 is 2.66 bits per heavy atom. The number of amides is 1. The average molecular weight is 400 g/mol. The van der Waals surface area contributed by atoms with Gasteiger partial charge < -0.3 is 10.3 Å². The molecule has 1 atom stereocenters. The Hall–Kier alpha value is -3.55. The topological polar surface area (TPSA) is 68.7 Å². The molecule has 1 unspecified atom stereocenters. The number of halogens is 1. The lowest BCUT2D eigenvalue weighted by molar-refractivity contribution is 0.0952. The maximum atomic E-state index is 12.7. The number of aromatic amines is 1. The fourth-order valence-electron chi connectivity index (χ4n) is 3.55. The highest BCUT2D eigenvalue weighted by molar-refractivity contribution is 6.31. The minimum Gasteiger partial charge on any atom is -0.361 e. The van der Waals surface area contributed by atoms with Crippen LogP contribution in [0, 0.1) is 11.3 Å². The van der Waals surface area contributed by atoms with E-state index in [4.69, 9.17) is 16.9 Å². The third-order valence-corrected chi connectivity index (χ3v) is 5.34. The molecule has 1 aromatic heterocycles. The second-order valence-corrected chi connectivity index (χ2v) is 7.17. The zero-order valence-corrected chi connectivity index (χ0v) is 16.3. The highest BCUT2D eigenvalue weighted by Gasteiger charge is 2.21. The molecule has 0 saturated heterocycles. The van der Waals surface area contributed by atoms with Gasteiger partial charge in [0.2, 0.25) is 0 Å². The molecule has 0 aliphatic rings. The van der Waals surface area contributed by atoms with Crippen LogP contribution in [0.15, 0.2) is 79.0 Å². The molecule has 0 aliphatic carbocycles. The fraction of sp³-hybridized carbons (Fsp3) is 0.0833. The maximum absolute atomic E-state index is 12.7. The van der Waals surface area contributed by atoms with E-state index in [2.05, 4.69) is 22.4 Å². The van der Waals surface area contributed by atoms with Gasteiger partial charge in [0.05, 0.1) is 11.6 Å². The van der Waals surface area contributed by atoms with Crippen molar-refractivity contribution >= 4 is 28.4 Å². The minimum absolute atomic E-state index is 0.122. The van der Waals surface area contributed by atoms with Crippen LogP contribution in [0.25, 0.3) is 10.9 Å². The lowest BCUT2D eigenvalue weighted by Gasteiger charge is -2.19. The van der Waals surface area contributed by atoms with E-state index in [-0.39, 0.29) is 11.8 Å². The summed E-state index contributed by atoms with van der Waals surface area (Å²) in [6, 6.07) is 24.5.